The number of halogens is 3. The van der Waals surface area contributed by atoms with Gasteiger partial charge in [-0.15, -0.1) is 6.58 Å². The molecule has 119 heavy (non-hydrogen) atoms. The van der Waals surface area contributed by atoms with Gasteiger partial charge in [-0.3, -0.25) is 19.2 Å². The summed E-state index contributed by atoms with van der Waals surface area (Å²) in [5.41, 5.74) is -9.58. The van der Waals surface area contributed by atoms with Crippen LogP contribution in [0.4, 0.5) is 13.2 Å². The number of carbonyl (C=O) groups excluding carboxylic acids is 5. The third-order valence-corrected chi connectivity index (χ3v) is 60.8. The first-order valence-corrected chi connectivity index (χ1v) is 60.6. The van der Waals surface area contributed by atoms with E-state index in [0.717, 1.165) is 38.5 Å². The molecule has 10 bridgehead atoms. The number of unbranched alkanes of at least 4 members (excludes halogenated alkanes) is 5. The summed E-state index contributed by atoms with van der Waals surface area (Å²) >= 11 is 0. The number of sulfonamides is 1. The number of fused-ring (bicyclic) bond motifs is 4. The van der Waals surface area contributed by atoms with Crippen molar-refractivity contribution in [2.75, 3.05) is 46.8 Å². The fourth-order valence-corrected chi connectivity index (χ4v) is 62.9. The van der Waals surface area contributed by atoms with Crippen molar-refractivity contribution in [3.05, 3.63) is 17.4 Å². The van der Waals surface area contributed by atoms with E-state index in [9.17, 15) is 50.4 Å². The summed E-state index contributed by atoms with van der Waals surface area (Å²) in [6.07, 6.45) is 14.7. The predicted octanol–water partition coefficient (Wildman–Crippen LogP) is 15.8. The van der Waals surface area contributed by atoms with Crippen LogP contribution in [0.25, 0.3) is 4.72 Å². The molecule has 7 atom stereocenters. The molecule has 690 valence electrons. The van der Waals surface area contributed by atoms with Gasteiger partial charge < -0.3 is 88.0 Å². The monoisotopic (exact) mass is 1880 g/mol. The summed E-state index contributed by atoms with van der Waals surface area (Å²) in [5, 5.41) is 0. The molecule has 0 aromatic heterocycles. The normalized spacial score (nSPS) is 29.5. The van der Waals surface area contributed by atoms with Gasteiger partial charge >= 0.3 is 152 Å². The Hall–Kier alpha value is -0.359. The Labute approximate surface area is 766 Å². The summed E-state index contributed by atoms with van der Waals surface area (Å²) in [6, 6.07) is 3.05. The first-order valence-electron chi connectivity index (χ1n) is 43.8. The molecule has 8 rings (SSSR count). The fourth-order valence-electron chi connectivity index (χ4n) is 15.6. The summed E-state index contributed by atoms with van der Waals surface area (Å²) in [6.45, 7) is 56.5. The Morgan fingerprint density at radius 1 is 0.521 bits per heavy atom. The summed E-state index contributed by atoms with van der Waals surface area (Å²) in [4.78, 5) is 74.4. The number of amides is 1. The van der Waals surface area contributed by atoms with Crippen molar-refractivity contribution in [3.63, 3.8) is 0 Å². The summed E-state index contributed by atoms with van der Waals surface area (Å²) in [7, 11) is -35.7. The van der Waals surface area contributed by atoms with E-state index in [1.54, 1.807) is 21.0 Å². The minimum Gasteiger partial charge on any atom is -0.538 e. The smallest absolute Gasteiger partial charge is 0.538 e. The Morgan fingerprint density at radius 3 is 1.34 bits per heavy atom. The van der Waals surface area contributed by atoms with E-state index in [1.165, 1.54) is 19.3 Å². The second-order valence-electron chi connectivity index (χ2n) is 38.8. The Bertz CT molecular complexity index is 3200. The van der Waals surface area contributed by atoms with E-state index >= 15 is 0 Å². The summed E-state index contributed by atoms with van der Waals surface area (Å²) in [5.74, 6) is -1.65. The zero-order valence-electron chi connectivity index (χ0n) is 77.8. The van der Waals surface area contributed by atoms with Crippen LogP contribution in [0, 0.1) is 80.8 Å². The van der Waals surface area contributed by atoms with Gasteiger partial charge in [0.2, 0.25) is 0 Å². The van der Waals surface area contributed by atoms with Crippen molar-refractivity contribution in [1.29, 1.82) is 0 Å². The molecule has 39 heteroatoms. The number of rotatable bonds is 43. The number of methoxy groups -OCH3 is 1. The number of carbonyl (C=O) groups is 5. The second kappa shape index (κ2) is 48.5. The molecule has 0 aromatic carbocycles. The minimum atomic E-state index is -5.89. The van der Waals surface area contributed by atoms with E-state index in [0.29, 0.717) is 101 Å². The van der Waals surface area contributed by atoms with E-state index in [2.05, 4.69) is 94.4 Å². The third kappa shape index (κ3) is 35.1. The van der Waals surface area contributed by atoms with Crippen LogP contribution in [-0.4, -0.2) is 172 Å². The average molecular weight is 1880 g/mol. The predicted molar refractivity (Wildman–Crippen MR) is 463 cm³/mol. The van der Waals surface area contributed by atoms with Crippen molar-refractivity contribution in [2.45, 2.75) is 342 Å². The quantitative estimate of drug-likeness (QED) is 0.0195. The first kappa shape index (κ1) is 113. The van der Waals surface area contributed by atoms with Crippen LogP contribution in [0.2, 0.25) is 48.4 Å². The van der Waals surface area contributed by atoms with Gasteiger partial charge in [0.05, 0.1) is 61.1 Å². The van der Waals surface area contributed by atoms with Gasteiger partial charge in [-0.1, -0.05) is 157 Å². The fraction of sp³-hybridized carbons (Fsp3) is 0.912. The number of allylic oxidation sites excluding steroid dienone is 1. The number of hydrogen-bond acceptors (Lipinski definition) is 25. The number of alkyl halides is 3. The van der Waals surface area contributed by atoms with Crippen molar-refractivity contribution in [2.24, 2.45) is 80.8 Å². The molecular formula is C80H155F3KNO25SSi8. The van der Waals surface area contributed by atoms with E-state index < -0.39 is 126 Å². The maximum atomic E-state index is 13.2. The van der Waals surface area contributed by atoms with Gasteiger partial charge in [0.25, 0.3) is 0 Å². The number of ether oxygens (including phenoxy) is 6. The van der Waals surface area contributed by atoms with Gasteiger partial charge in [0, 0.05) is 54.8 Å². The molecule has 4 heterocycles. The molecule has 1 amide bonds. The van der Waals surface area contributed by atoms with Crippen LogP contribution in [0.1, 0.15) is 282 Å². The minimum absolute atomic E-state index is 0. The number of nitrogens with zero attached hydrogens (tertiary/aromatic N) is 1. The van der Waals surface area contributed by atoms with Crippen LogP contribution in [0.5, 0.6) is 0 Å². The number of hydrogen-bond donors (Lipinski definition) is 1. The molecular weight excluding hydrogens is 1730 g/mol. The van der Waals surface area contributed by atoms with Crippen molar-refractivity contribution in [1.82, 2.24) is 0 Å². The van der Waals surface area contributed by atoms with Gasteiger partial charge in [0.1, 0.15) is 12.2 Å². The van der Waals surface area contributed by atoms with Crippen LogP contribution in [0.3, 0.4) is 0 Å². The molecule has 0 spiro atoms. The van der Waals surface area contributed by atoms with Crippen LogP contribution >= 0.6 is 0 Å². The molecule has 0 radical (unpaired) electrons. The molecule has 26 nitrogen and oxygen atoms in total. The molecule has 4 saturated heterocycles. The SMILES string of the molecule is C=CCCCCCCCOC(=O)C(C)CC.CCC(C)(C)C(=O)OC12CC3CC(C1)CC(C(=O)[N-]S(=O)(=O)C(F)(F)F)(C3)C2.CCC(C)(C)C(=O)OCCC[Si]12O[Si]3(CC(C)C)O[SiH](CC(C)C)O[Si](CC(C)C)(O[Si]4(CC(C)C)O[Si](O)(CC(C)C)O[Si](CC(C)C)(O3)O[Si](CC(C)C)(O4)O1)O2.CCC(C)(C)C(=O)OCCOCCOC.[K+]. The number of esters is 4. The van der Waals surface area contributed by atoms with E-state index in [4.69, 9.17) is 73.7 Å². The van der Waals surface area contributed by atoms with E-state index in [-0.39, 0.29) is 166 Å². The molecule has 0 aromatic rings. The average Bonchev–Trinajstić information content (AvgIpc) is 0.679. The first-order chi connectivity index (χ1) is 54.4. The zero-order chi connectivity index (χ0) is 89.6. The standard InChI is InChI=1S/C37H82O14Si8.C18H26F3NO5S.C14H26O2.C11H22O4.K/c1-18-37(16,17)36(38)40-20-19-21-54-45-55(24-31(6)7)41-52(22-29(2)3)42-56(46-54,25-32(8)9)49-58(27-34(12)13)44-53(39,23-30(4)5)43-57(48-55,26-33(10)11)50-59(47-54,51-58)28-35(14)15;1-4-15(2,3)14(24)27-17-8-11-5-12(9-17)7-16(6-11,10-17)13(23)22-28(25,26)18(19,20)21;1-4-6-7-8-9-10-11-12-16-14(15)13(3)5-2;1-5-11(2,3)10(12)15-9-8-14-7-6-13-4;/h29-35,39,52H,18-28H2,1-17H3;11-12H,4-10H2,1-3H3,(H,22,23);4,13H,1,5-12H2,2-3H3;5-9H2,1-4H3;/q;;;;+1/p-1. The molecule has 4 aliphatic carbocycles. The van der Waals surface area contributed by atoms with Gasteiger partial charge in [0.15, 0.2) is 10.0 Å². The van der Waals surface area contributed by atoms with E-state index in [1.807, 2.05) is 82.2 Å². The van der Waals surface area contributed by atoms with Crippen LogP contribution < -0.4 is 51.4 Å². The summed E-state index contributed by atoms with van der Waals surface area (Å²) < 4.78 is 179. The molecule has 4 aliphatic heterocycles. The molecule has 8 aliphatic rings. The van der Waals surface area contributed by atoms with Gasteiger partial charge in [-0.2, -0.15) is 13.2 Å². The van der Waals surface area contributed by atoms with Crippen molar-refractivity contribution in [3.8, 4) is 0 Å². The molecule has 7 unspecified atom stereocenters. The maximum absolute atomic E-state index is 13.2. The molecule has 4 saturated carbocycles. The maximum Gasteiger partial charge on any atom is 1.00 e. The van der Waals surface area contributed by atoms with Gasteiger partial charge in [-0.05, 0) is 191 Å². The van der Waals surface area contributed by atoms with Gasteiger partial charge in [-0.25, -0.2) is 8.42 Å². The topological polar surface area (TPSA) is 311 Å². The van der Waals surface area contributed by atoms with Crippen molar-refractivity contribution < 1.29 is 175 Å². The molecule has 8 fully saturated rings. The zero-order valence-corrected chi connectivity index (χ0v) is 89.9. The largest absolute Gasteiger partial charge is 1.00 e. The van der Waals surface area contributed by atoms with Crippen molar-refractivity contribution >= 4 is 111 Å². The third-order valence-electron chi connectivity index (χ3n) is 22.2. The van der Waals surface area contributed by atoms with Crippen LogP contribution in [0.15, 0.2) is 12.7 Å². The van der Waals surface area contributed by atoms with Crippen LogP contribution in [-0.2, 0) is 108 Å². The Balaban J connectivity index is 0.000000497. The Kier molecular flexibility index (Phi) is 46.0. The Morgan fingerprint density at radius 2 is 0.916 bits per heavy atom. The molecule has 1 N–H and O–H groups in total. The second-order valence-corrected chi connectivity index (χ2v) is 63.5.